The minimum absolute atomic E-state index is 0.0447. The van der Waals surface area contributed by atoms with E-state index in [-0.39, 0.29) is 19.0 Å². The third-order valence-electron chi connectivity index (χ3n) is 4.48. The van der Waals surface area contributed by atoms with E-state index < -0.39 is 12.1 Å². The summed E-state index contributed by atoms with van der Waals surface area (Å²) >= 11 is 0. The fraction of sp³-hybridized carbons (Fsp3) is 0.857. The van der Waals surface area contributed by atoms with Gasteiger partial charge in [0.1, 0.15) is 0 Å². The van der Waals surface area contributed by atoms with Crippen molar-refractivity contribution in [3.05, 3.63) is 0 Å². The van der Waals surface area contributed by atoms with E-state index in [1.165, 1.54) is 25.7 Å². The second-order valence-corrected chi connectivity index (χ2v) is 5.82. The molecule has 20 heavy (non-hydrogen) atoms. The minimum Gasteiger partial charge on any atom is -0.479 e. The van der Waals surface area contributed by atoms with Crippen molar-refractivity contribution in [2.75, 3.05) is 13.1 Å². The van der Waals surface area contributed by atoms with Crippen LogP contribution in [0.1, 0.15) is 44.9 Å². The van der Waals surface area contributed by atoms with E-state index in [1.807, 2.05) is 4.90 Å². The molecular weight excluding hydrogens is 260 g/mol. The zero-order valence-corrected chi connectivity index (χ0v) is 11.8. The molecule has 114 valence electrons. The molecule has 1 saturated carbocycles. The minimum atomic E-state index is -1.40. The maximum atomic E-state index is 12.1. The molecule has 0 radical (unpaired) electrons. The van der Waals surface area contributed by atoms with E-state index in [9.17, 15) is 9.59 Å². The van der Waals surface area contributed by atoms with Gasteiger partial charge >= 0.3 is 12.0 Å². The number of hydrogen-bond donors (Lipinski definition) is 3. The summed E-state index contributed by atoms with van der Waals surface area (Å²) in [6.45, 7) is 0.981. The standard InChI is InChI=1S/C14H24N2O4/c17-12(13(18)19)7-8-15-14(20)16-9-3-6-11(16)10-4-1-2-5-10/h10-12,17H,1-9H2,(H,15,20)(H,18,19)/t11?,12-/m0/s1. The molecule has 6 nitrogen and oxygen atoms in total. The number of likely N-dealkylation sites (tertiary alicyclic amines) is 1. The van der Waals surface area contributed by atoms with Gasteiger partial charge in [-0.2, -0.15) is 0 Å². The molecule has 1 aliphatic carbocycles. The summed E-state index contributed by atoms with van der Waals surface area (Å²) in [6, 6.07) is 0.235. The summed E-state index contributed by atoms with van der Waals surface area (Å²) in [6.07, 6.45) is 5.73. The second-order valence-electron chi connectivity index (χ2n) is 5.82. The molecule has 2 amide bonds. The fourth-order valence-corrected chi connectivity index (χ4v) is 3.42. The Balaban J connectivity index is 1.77. The maximum Gasteiger partial charge on any atom is 0.332 e. The number of carbonyl (C=O) groups is 2. The van der Waals surface area contributed by atoms with Gasteiger partial charge in [-0.15, -0.1) is 0 Å². The van der Waals surface area contributed by atoms with E-state index in [0.717, 1.165) is 19.4 Å². The summed E-state index contributed by atoms with van der Waals surface area (Å²) in [4.78, 5) is 24.5. The molecule has 3 N–H and O–H groups in total. The van der Waals surface area contributed by atoms with Gasteiger partial charge in [-0.3, -0.25) is 0 Å². The zero-order valence-electron chi connectivity index (χ0n) is 11.8. The van der Waals surface area contributed by atoms with Crippen LogP contribution in [0, 0.1) is 5.92 Å². The van der Waals surface area contributed by atoms with Crippen LogP contribution < -0.4 is 5.32 Å². The van der Waals surface area contributed by atoms with E-state index in [2.05, 4.69) is 5.32 Å². The first kappa shape index (κ1) is 15.1. The normalized spacial score (nSPS) is 24.9. The highest BCUT2D eigenvalue weighted by Gasteiger charge is 2.35. The van der Waals surface area contributed by atoms with Crippen LogP contribution in [0.5, 0.6) is 0 Å². The largest absolute Gasteiger partial charge is 0.479 e. The Kier molecular flexibility index (Phi) is 5.23. The average molecular weight is 284 g/mol. The van der Waals surface area contributed by atoms with Gasteiger partial charge in [0.05, 0.1) is 0 Å². The lowest BCUT2D eigenvalue weighted by atomic mass is 9.96. The second kappa shape index (κ2) is 6.92. The van der Waals surface area contributed by atoms with E-state index in [4.69, 9.17) is 10.2 Å². The lowest BCUT2D eigenvalue weighted by Crippen LogP contribution is -2.46. The van der Waals surface area contributed by atoms with E-state index >= 15 is 0 Å². The van der Waals surface area contributed by atoms with Crippen LogP contribution in [0.4, 0.5) is 4.79 Å². The van der Waals surface area contributed by atoms with Crippen LogP contribution in [-0.2, 0) is 4.79 Å². The number of aliphatic hydroxyl groups excluding tert-OH is 1. The Labute approximate surface area is 119 Å². The van der Waals surface area contributed by atoms with Crippen LogP contribution in [0.15, 0.2) is 0 Å². The molecule has 2 rings (SSSR count). The number of carbonyl (C=O) groups excluding carboxylic acids is 1. The number of carboxylic acids is 1. The Hall–Kier alpha value is -1.30. The Morgan fingerprint density at radius 3 is 2.55 bits per heavy atom. The number of hydrogen-bond acceptors (Lipinski definition) is 3. The smallest absolute Gasteiger partial charge is 0.332 e. The van der Waals surface area contributed by atoms with E-state index in [1.54, 1.807) is 0 Å². The lowest BCUT2D eigenvalue weighted by molar-refractivity contribution is -0.146. The average Bonchev–Trinajstić information content (AvgIpc) is 3.08. The van der Waals surface area contributed by atoms with Crippen molar-refractivity contribution < 1.29 is 19.8 Å². The topological polar surface area (TPSA) is 89.9 Å². The van der Waals surface area contributed by atoms with Crippen molar-refractivity contribution >= 4 is 12.0 Å². The zero-order chi connectivity index (χ0) is 14.5. The molecule has 0 aromatic rings. The third-order valence-corrected chi connectivity index (χ3v) is 4.48. The van der Waals surface area contributed by atoms with Crippen molar-refractivity contribution in [3.63, 3.8) is 0 Å². The van der Waals surface area contributed by atoms with Crippen molar-refractivity contribution in [2.24, 2.45) is 5.92 Å². The SMILES string of the molecule is O=C(O)[C@@H](O)CCNC(=O)N1CCCC1C1CCCC1. The lowest BCUT2D eigenvalue weighted by Gasteiger charge is -2.29. The summed E-state index contributed by atoms with van der Waals surface area (Å²) < 4.78 is 0. The Bertz CT molecular complexity index is 355. The van der Waals surface area contributed by atoms with Gasteiger partial charge in [-0.25, -0.2) is 9.59 Å². The number of aliphatic hydroxyl groups is 1. The predicted octanol–water partition coefficient (Wildman–Crippen LogP) is 1.19. The quantitative estimate of drug-likeness (QED) is 0.707. The summed E-state index contributed by atoms with van der Waals surface area (Å²) in [7, 11) is 0. The Morgan fingerprint density at radius 1 is 1.20 bits per heavy atom. The van der Waals surface area contributed by atoms with Crippen molar-refractivity contribution in [2.45, 2.75) is 57.1 Å². The summed E-state index contributed by atoms with van der Waals surface area (Å²) in [5.41, 5.74) is 0. The molecule has 2 aliphatic rings. The Morgan fingerprint density at radius 2 is 1.90 bits per heavy atom. The number of aliphatic carboxylic acids is 1. The number of carboxylic acid groups (broad SMARTS) is 1. The highest BCUT2D eigenvalue weighted by molar-refractivity contribution is 5.75. The van der Waals surface area contributed by atoms with E-state index in [0.29, 0.717) is 12.0 Å². The summed E-state index contributed by atoms with van der Waals surface area (Å²) in [5, 5.41) is 20.5. The molecule has 0 aromatic heterocycles. The predicted molar refractivity (Wildman–Crippen MR) is 73.3 cm³/mol. The van der Waals surface area contributed by atoms with Crippen molar-refractivity contribution in [1.82, 2.24) is 10.2 Å². The molecule has 2 atom stereocenters. The molecule has 1 saturated heterocycles. The van der Waals surface area contributed by atoms with Crippen LogP contribution >= 0.6 is 0 Å². The first-order chi connectivity index (χ1) is 9.59. The number of nitrogens with one attached hydrogen (secondary N) is 1. The molecule has 1 unspecified atom stereocenters. The monoisotopic (exact) mass is 284 g/mol. The molecule has 0 spiro atoms. The van der Waals surface area contributed by atoms with Crippen LogP contribution in [0.25, 0.3) is 0 Å². The van der Waals surface area contributed by atoms with Crippen LogP contribution in [0.2, 0.25) is 0 Å². The van der Waals surface area contributed by atoms with Gasteiger partial charge < -0.3 is 20.4 Å². The molecule has 0 bridgehead atoms. The maximum absolute atomic E-state index is 12.1. The first-order valence-corrected chi connectivity index (χ1v) is 7.55. The van der Waals surface area contributed by atoms with Crippen molar-refractivity contribution in [3.8, 4) is 0 Å². The number of rotatable bonds is 5. The number of amides is 2. The molecular formula is C14H24N2O4. The van der Waals surface area contributed by atoms with Crippen molar-refractivity contribution in [1.29, 1.82) is 0 Å². The number of nitrogens with zero attached hydrogens (tertiary/aromatic N) is 1. The third kappa shape index (κ3) is 3.62. The summed E-state index contributed by atoms with van der Waals surface area (Å²) in [5.74, 6) is -0.614. The van der Waals surface area contributed by atoms with Gasteiger partial charge in [0.25, 0.3) is 0 Å². The van der Waals surface area contributed by atoms with Gasteiger partial charge in [-0.1, -0.05) is 12.8 Å². The van der Waals surface area contributed by atoms with Gasteiger partial charge in [0.2, 0.25) is 0 Å². The molecule has 1 aliphatic heterocycles. The van der Waals surface area contributed by atoms with Gasteiger partial charge in [-0.05, 0) is 31.6 Å². The first-order valence-electron chi connectivity index (χ1n) is 7.55. The van der Waals surface area contributed by atoms with Gasteiger partial charge in [0.15, 0.2) is 6.10 Å². The molecule has 6 heteroatoms. The van der Waals surface area contributed by atoms with Crippen LogP contribution in [0.3, 0.4) is 0 Å². The van der Waals surface area contributed by atoms with Crippen LogP contribution in [-0.4, -0.2) is 52.3 Å². The number of urea groups is 1. The fourth-order valence-electron chi connectivity index (χ4n) is 3.42. The van der Waals surface area contributed by atoms with Gasteiger partial charge in [0, 0.05) is 25.6 Å². The molecule has 2 fully saturated rings. The molecule has 0 aromatic carbocycles. The molecule has 1 heterocycles. The highest BCUT2D eigenvalue weighted by Crippen LogP contribution is 2.35. The highest BCUT2D eigenvalue weighted by atomic mass is 16.4.